The summed E-state index contributed by atoms with van der Waals surface area (Å²) in [6.45, 7) is 5.65. The number of nitrogens with zero attached hydrogens (tertiary/aromatic N) is 1. The summed E-state index contributed by atoms with van der Waals surface area (Å²) < 4.78 is 0. The van der Waals surface area contributed by atoms with E-state index in [1.807, 2.05) is 0 Å². The van der Waals surface area contributed by atoms with Crippen LogP contribution < -0.4 is 0 Å². The summed E-state index contributed by atoms with van der Waals surface area (Å²) in [6, 6.07) is 0. The molecule has 2 fully saturated rings. The van der Waals surface area contributed by atoms with Gasteiger partial charge in [0.15, 0.2) is 0 Å². The second-order valence-corrected chi connectivity index (χ2v) is 5.74. The summed E-state index contributed by atoms with van der Waals surface area (Å²) >= 11 is 0. The molecule has 0 amide bonds. The van der Waals surface area contributed by atoms with Crippen LogP contribution in [0, 0.1) is 5.92 Å². The zero-order chi connectivity index (χ0) is 10.7. The Morgan fingerprint density at radius 3 is 2.33 bits per heavy atom. The highest BCUT2D eigenvalue weighted by Gasteiger charge is 2.33. The van der Waals surface area contributed by atoms with Crippen LogP contribution in [-0.4, -0.2) is 35.2 Å². The van der Waals surface area contributed by atoms with Crippen LogP contribution in [0.2, 0.25) is 0 Å². The minimum absolute atomic E-state index is 0.357. The van der Waals surface area contributed by atoms with Gasteiger partial charge in [0, 0.05) is 6.54 Å². The van der Waals surface area contributed by atoms with Crippen molar-refractivity contribution < 1.29 is 5.11 Å². The lowest BCUT2D eigenvalue weighted by Crippen LogP contribution is -2.46. The van der Waals surface area contributed by atoms with E-state index < -0.39 is 0 Å². The third kappa shape index (κ3) is 3.18. The van der Waals surface area contributed by atoms with E-state index in [1.54, 1.807) is 0 Å². The SMILES string of the molecule is CC1CCC(O)(CN2CCCCC2)CC1. The van der Waals surface area contributed by atoms with Crippen molar-refractivity contribution in [2.75, 3.05) is 19.6 Å². The number of piperidine rings is 1. The van der Waals surface area contributed by atoms with Gasteiger partial charge in [-0.15, -0.1) is 0 Å². The number of β-amino-alcohol motifs (C(OH)–C–C–N with tert-alkyl or cyclic N) is 1. The van der Waals surface area contributed by atoms with E-state index in [0.29, 0.717) is 0 Å². The van der Waals surface area contributed by atoms with Gasteiger partial charge in [-0.2, -0.15) is 0 Å². The quantitative estimate of drug-likeness (QED) is 0.758. The largest absolute Gasteiger partial charge is 0.389 e. The lowest BCUT2D eigenvalue weighted by molar-refractivity contribution is -0.0381. The highest BCUT2D eigenvalue weighted by Crippen LogP contribution is 2.32. The molecule has 1 saturated carbocycles. The number of aliphatic hydroxyl groups is 1. The lowest BCUT2D eigenvalue weighted by Gasteiger charge is -2.40. The van der Waals surface area contributed by atoms with Crippen LogP contribution in [0.3, 0.4) is 0 Å². The minimum Gasteiger partial charge on any atom is -0.389 e. The standard InChI is InChI=1S/C13H25NO/c1-12-5-7-13(15,8-6-12)11-14-9-3-2-4-10-14/h12,15H,2-11H2,1H3. The molecule has 2 nitrogen and oxygen atoms in total. The van der Waals surface area contributed by atoms with Crippen molar-refractivity contribution in [2.45, 2.75) is 57.5 Å². The van der Waals surface area contributed by atoms with Gasteiger partial charge < -0.3 is 10.0 Å². The first kappa shape index (κ1) is 11.4. The fourth-order valence-corrected chi connectivity index (χ4v) is 2.99. The number of rotatable bonds is 2. The average Bonchev–Trinajstić information content (AvgIpc) is 2.24. The molecule has 0 aromatic heterocycles. The third-order valence-corrected chi connectivity index (χ3v) is 4.17. The Balaban J connectivity index is 1.81. The maximum absolute atomic E-state index is 10.5. The molecule has 1 saturated heterocycles. The molecule has 2 aliphatic rings. The molecule has 0 radical (unpaired) electrons. The Hall–Kier alpha value is -0.0800. The summed E-state index contributed by atoms with van der Waals surface area (Å²) in [5.74, 6) is 0.826. The van der Waals surface area contributed by atoms with Gasteiger partial charge in [0.05, 0.1) is 5.60 Å². The van der Waals surface area contributed by atoms with Crippen molar-refractivity contribution in [1.82, 2.24) is 4.90 Å². The van der Waals surface area contributed by atoms with E-state index in [4.69, 9.17) is 0 Å². The third-order valence-electron chi connectivity index (χ3n) is 4.17. The molecule has 0 aromatic carbocycles. The maximum atomic E-state index is 10.5. The molecule has 15 heavy (non-hydrogen) atoms. The normalized spacial score (nSPS) is 39.2. The van der Waals surface area contributed by atoms with Crippen molar-refractivity contribution >= 4 is 0 Å². The Morgan fingerprint density at radius 1 is 1.13 bits per heavy atom. The summed E-state index contributed by atoms with van der Waals surface area (Å²) in [6.07, 6.45) is 8.49. The first-order valence-corrected chi connectivity index (χ1v) is 6.63. The monoisotopic (exact) mass is 211 g/mol. The molecule has 1 aliphatic carbocycles. The minimum atomic E-state index is -0.357. The van der Waals surface area contributed by atoms with Crippen molar-refractivity contribution in [3.63, 3.8) is 0 Å². The first-order chi connectivity index (χ1) is 7.18. The second-order valence-electron chi connectivity index (χ2n) is 5.74. The molecule has 0 atom stereocenters. The van der Waals surface area contributed by atoms with Crippen LogP contribution in [-0.2, 0) is 0 Å². The molecule has 1 heterocycles. The maximum Gasteiger partial charge on any atom is 0.0774 e. The van der Waals surface area contributed by atoms with E-state index >= 15 is 0 Å². The molecule has 88 valence electrons. The van der Waals surface area contributed by atoms with Crippen molar-refractivity contribution in [1.29, 1.82) is 0 Å². The van der Waals surface area contributed by atoms with Crippen molar-refractivity contribution in [3.05, 3.63) is 0 Å². The van der Waals surface area contributed by atoms with Crippen LogP contribution >= 0.6 is 0 Å². The molecule has 2 heteroatoms. The predicted molar refractivity (Wildman–Crippen MR) is 62.9 cm³/mol. The molecule has 0 unspecified atom stereocenters. The summed E-state index contributed by atoms with van der Waals surface area (Å²) in [5.41, 5.74) is -0.357. The van der Waals surface area contributed by atoms with Gasteiger partial charge in [-0.25, -0.2) is 0 Å². The van der Waals surface area contributed by atoms with Gasteiger partial charge in [0.25, 0.3) is 0 Å². The van der Waals surface area contributed by atoms with Crippen LogP contribution in [0.1, 0.15) is 51.9 Å². The van der Waals surface area contributed by atoms with E-state index in [0.717, 1.165) is 25.3 Å². The fourth-order valence-electron chi connectivity index (χ4n) is 2.99. The van der Waals surface area contributed by atoms with E-state index in [-0.39, 0.29) is 5.60 Å². The molecule has 0 spiro atoms. The van der Waals surface area contributed by atoms with Crippen LogP contribution in [0.4, 0.5) is 0 Å². The molecular formula is C13H25NO. The van der Waals surface area contributed by atoms with Gasteiger partial charge in [0.1, 0.15) is 0 Å². The molecule has 1 aliphatic heterocycles. The van der Waals surface area contributed by atoms with Gasteiger partial charge in [-0.1, -0.05) is 13.3 Å². The molecule has 0 aromatic rings. The molecular weight excluding hydrogens is 186 g/mol. The predicted octanol–water partition coefficient (Wildman–Crippen LogP) is 2.41. The average molecular weight is 211 g/mol. The van der Waals surface area contributed by atoms with E-state index in [1.165, 1.54) is 45.2 Å². The van der Waals surface area contributed by atoms with Gasteiger partial charge in [-0.3, -0.25) is 0 Å². The van der Waals surface area contributed by atoms with Crippen molar-refractivity contribution in [3.8, 4) is 0 Å². The topological polar surface area (TPSA) is 23.5 Å². The Labute approximate surface area is 93.7 Å². The first-order valence-electron chi connectivity index (χ1n) is 6.63. The highest BCUT2D eigenvalue weighted by molar-refractivity contribution is 4.87. The summed E-state index contributed by atoms with van der Waals surface area (Å²) in [5, 5.41) is 10.5. The fraction of sp³-hybridized carbons (Fsp3) is 1.00. The van der Waals surface area contributed by atoms with E-state index in [2.05, 4.69) is 11.8 Å². The Bertz CT molecular complexity index is 191. The van der Waals surface area contributed by atoms with Crippen molar-refractivity contribution in [2.24, 2.45) is 5.92 Å². The molecule has 2 rings (SSSR count). The van der Waals surface area contributed by atoms with E-state index in [9.17, 15) is 5.11 Å². The second kappa shape index (κ2) is 4.84. The molecule has 1 N–H and O–H groups in total. The zero-order valence-corrected chi connectivity index (χ0v) is 10.0. The summed E-state index contributed by atoms with van der Waals surface area (Å²) in [4.78, 5) is 2.47. The number of hydrogen-bond donors (Lipinski definition) is 1. The van der Waals surface area contributed by atoms with Gasteiger partial charge in [-0.05, 0) is 57.5 Å². The van der Waals surface area contributed by atoms with Gasteiger partial charge in [0.2, 0.25) is 0 Å². The smallest absolute Gasteiger partial charge is 0.0774 e. The highest BCUT2D eigenvalue weighted by atomic mass is 16.3. The van der Waals surface area contributed by atoms with Crippen LogP contribution in [0.5, 0.6) is 0 Å². The Morgan fingerprint density at radius 2 is 1.73 bits per heavy atom. The summed E-state index contributed by atoms with van der Waals surface area (Å²) in [7, 11) is 0. The van der Waals surface area contributed by atoms with Gasteiger partial charge >= 0.3 is 0 Å². The number of hydrogen-bond acceptors (Lipinski definition) is 2. The molecule has 0 bridgehead atoms. The van der Waals surface area contributed by atoms with Crippen LogP contribution in [0.25, 0.3) is 0 Å². The lowest BCUT2D eigenvalue weighted by atomic mass is 9.79. The van der Waals surface area contributed by atoms with Crippen LogP contribution in [0.15, 0.2) is 0 Å². The zero-order valence-electron chi connectivity index (χ0n) is 10.0. The Kier molecular flexibility index (Phi) is 3.68. The number of likely N-dealkylation sites (tertiary alicyclic amines) is 1.